The summed E-state index contributed by atoms with van der Waals surface area (Å²) in [4.78, 5) is 27.0. The zero-order chi connectivity index (χ0) is 58.6. The van der Waals surface area contributed by atoms with Gasteiger partial charge in [-0.25, -0.2) is 9.59 Å². The third-order valence-corrected chi connectivity index (χ3v) is 14.5. The molecule has 4 saturated heterocycles. The number of allylic oxidation sites excluding steroid dienone is 4. The Morgan fingerprint density at radius 1 is 0.462 bits per heavy atom. The summed E-state index contributed by atoms with van der Waals surface area (Å²) in [5.74, 6) is -1.84. The molecule has 4 fully saturated rings. The normalized spacial score (nSPS) is 38.2. The molecule has 0 aromatic rings. The van der Waals surface area contributed by atoms with Gasteiger partial charge >= 0.3 is 11.9 Å². The van der Waals surface area contributed by atoms with Gasteiger partial charge < -0.3 is 109 Å². The molecule has 0 aromatic heterocycles. The van der Waals surface area contributed by atoms with Gasteiger partial charge in [0.05, 0.1) is 42.7 Å². The molecule has 0 saturated carbocycles. The molecule has 24 nitrogen and oxygen atoms in total. The summed E-state index contributed by atoms with van der Waals surface area (Å²) < 4.78 is 58.7. The molecule has 446 valence electrons. The second kappa shape index (κ2) is 29.5. The van der Waals surface area contributed by atoms with Crippen molar-refractivity contribution in [2.75, 3.05) is 19.8 Å². The molecular formula is C54H86O24. The highest BCUT2D eigenvalue weighted by Gasteiger charge is 2.53. The van der Waals surface area contributed by atoms with Gasteiger partial charge in [-0.15, -0.1) is 19.7 Å². The van der Waals surface area contributed by atoms with Gasteiger partial charge in [-0.3, -0.25) is 0 Å². The molecule has 0 spiro atoms. The van der Waals surface area contributed by atoms with Crippen LogP contribution in [0.25, 0.3) is 0 Å². The van der Waals surface area contributed by atoms with Gasteiger partial charge in [-0.05, 0) is 93.9 Å². The van der Waals surface area contributed by atoms with Crippen molar-refractivity contribution in [1.82, 2.24) is 0 Å². The van der Waals surface area contributed by atoms with E-state index in [1.807, 2.05) is 19.9 Å². The van der Waals surface area contributed by atoms with Crippen LogP contribution in [0.5, 0.6) is 0 Å². The van der Waals surface area contributed by atoms with E-state index in [1.165, 1.54) is 45.1 Å². The van der Waals surface area contributed by atoms with Crippen molar-refractivity contribution in [3.63, 3.8) is 0 Å². The predicted molar refractivity (Wildman–Crippen MR) is 274 cm³/mol. The summed E-state index contributed by atoms with van der Waals surface area (Å²) in [5, 5.41) is 127. The Bertz CT molecular complexity index is 2060. The standard InChI is InChI=1S/C54H86O24/c1-12-52(9,76-49-41(65)37(61)34(58)31(24-55)70-49)22-16-20-29(7)47(68)74-44-38(62)35(59)32(25-56)71-50(44)77-54(11,14-3)23-17-19-28(6)46(67)73-43-30(8)69-48(42(66)40(43)64)75-45-39(63)36(60)33(26-57)72-51(45)78-53(10,13-2)21-15-18-27(4)5/h12-14,18-20,30-45,48-51,55-66H,1-3,15-17,21-26H2,4-11H3/b28-19+,29-20+/t30?,31?,32?,33?,34?,35?,36?,37?,38?,39?,40?,41?,42?,43?,44?,45?,48?,49?,50?,51?,52-,53-,54-/m0/s1. The maximum atomic E-state index is 13.5. The average molecular weight is 1120 g/mol. The van der Waals surface area contributed by atoms with E-state index in [9.17, 15) is 70.9 Å². The van der Waals surface area contributed by atoms with E-state index in [0.29, 0.717) is 12.8 Å². The van der Waals surface area contributed by atoms with Crippen LogP contribution in [-0.4, -0.2) is 233 Å². The van der Waals surface area contributed by atoms with Crippen molar-refractivity contribution in [2.24, 2.45) is 0 Å². The van der Waals surface area contributed by atoms with E-state index in [0.717, 1.165) is 5.57 Å². The summed E-state index contributed by atoms with van der Waals surface area (Å²) in [5.41, 5.74) is -2.42. The highest BCUT2D eigenvalue weighted by Crippen LogP contribution is 2.36. The Morgan fingerprint density at radius 2 is 0.808 bits per heavy atom. The maximum Gasteiger partial charge on any atom is 0.333 e. The fraction of sp³-hybridized carbons (Fsp3) is 0.741. The van der Waals surface area contributed by atoms with Crippen LogP contribution in [0.1, 0.15) is 93.9 Å². The van der Waals surface area contributed by atoms with Gasteiger partial charge in [-0.1, -0.05) is 42.0 Å². The number of hydrogen-bond donors (Lipinski definition) is 12. The number of esters is 2. The molecule has 23 atom stereocenters. The lowest BCUT2D eigenvalue weighted by Crippen LogP contribution is -2.65. The summed E-state index contributed by atoms with van der Waals surface area (Å²) >= 11 is 0. The molecule has 4 aliphatic rings. The van der Waals surface area contributed by atoms with Crippen LogP contribution in [0, 0.1) is 0 Å². The van der Waals surface area contributed by atoms with Crippen molar-refractivity contribution in [2.45, 2.75) is 234 Å². The van der Waals surface area contributed by atoms with Crippen molar-refractivity contribution in [3.8, 4) is 0 Å². The lowest BCUT2D eigenvalue weighted by atomic mass is 9.96. The van der Waals surface area contributed by atoms with E-state index < -0.39 is 171 Å². The van der Waals surface area contributed by atoms with Crippen LogP contribution in [0.3, 0.4) is 0 Å². The Balaban J connectivity index is 1.39. The van der Waals surface area contributed by atoms with E-state index in [2.05, 4.69) is 19.7 Å². The number of carbonyl (C=O) groups excluding carboxylic acids is 2. The lowest BCUT2D eigenvalue weighted by molar-refractivity contribution is -0.373. The van der Waals surface area contributed by atoms with Crippen LogP contribution >= 0.6 is 0 Å². The largest absolute Gasteiger partial charge is 0.453 e. The molecule has 0 amide bonds. The first-order valence-electron chi connectivity index (χ1n) is 26.1. The first kappa shape index (κ1) is 67.1. The molecule has 4 heterocycles. The second-order valence-electron chi connectivity index (χ2n) is 21.2. The molecule has 4 rings (SSSR count). The molecule has 24 heteroatoms. The Labute approximate surface area is 455 Å². The third kappa shape index (κ3) is 17.1. The number of aliphatic hydroxyl groups excluding tert-OH is 12. The Kier molecular flexibility index (Phi) is 25.4. The SMILES string of the molecule is C=C[C@@](C)(CC/C=C(\C)C(=O)OC1C(O[C@@](C)(C=C)CC/C=C(\C)C(=O)OC2C(C)OC(OC3C(O[C@@](C)(C=C)CCC=C(C)C)OC(CO)C(O)C3O)C(O)C2O)OC(CO)C(O)C1O)OC1OC(CO)C(O)C(O)C1O. The fourth-order valence-electron chi connectivity index (χ4n) is 8.99. The van der Waals surface area contributed by atoms with Crippen LogP contribution in [0.4, 0.5) is 0 Å². The van der Waals surface area contributed by atoms with Crippen molar-refractivity contribution < 1.29 is 118 Å². The highest BCUT2D eigenvalue weighted by molar-refractivity contribution is 5.88. The van der Waals surface area contributed by atoms with E-state index in [1.54, 1.807) is 26.8 Å². The molecule has 4 aliphatic heterocycles. The predicted octanol–water partition coefficient (Wildman–Crippen LogP) is -0.577. The average Bonchev–Trinajstić information content (AvgIpc) is 3.40. The summed E-state index contributed by atoms with van der Waals surface area (Å²) in [7, 11) is 0. The van der Waals surface area contributed by atoms with Gasteiger partial charge in [-0.2, -0.15) is 0 Å². The Hall–Kier alpha value is -3.42. The van der Waals surface area contributed by atoms with E-state index >= 15 is 0 Å². The van der Waals surface area contributed by atoms with Crippen molar-refractivity contribution in [3.05, 3.63) is 72.9 Å². The fourth-order valence-corrected chi connectivity index (χ4v) is 8.99. The monoisotopic (exact) mass is 1120 g/mol. The topological polar surface area (TPSA) is 369 Å². The molecular weight excluding hydrogens is 1030 g/mol. The molecule has 12 N–H and O–H groups in total. The molecule has 0 aromatic carbocycles. The summed E-state index contributed by atoms with van der Waals surface area (Å²) in [6.45, 7) is 22.5. The molecule has 20 unspecified atom stereocenters. The van der Waals surface area contributed by atoms with Crippen molar-refractivity contribution >= 4 is 11.9 Å². The molecule has 0 radical (unpaired) electrons. The third-order valence-electron chi connectivity index (χ3n) is 14.5. The molecule has 0 aliphatic carbocycles. The van der Waals surface area contributed by atoms with Gasteiger partial charge in [0.25, 0.3) is 0 Å². The summed E-state index contributed by atoms with van der Waals surface area (Å²) in [6.07, 6.45) is -20.4. The lowest BCUT2D eigenvalue weighted by Gasteiger charge is -2.47. The summed E-state index contributed by atoms with van der Waals surface area (Å²) in [6, 6.07) is 0. The van der Waals surface area contributed by atoms with Gasteiger partial charge in [0, 0.05) is 11.1 Å². The van der Waals surface area contributed by atoms with Gasteiger partial charge in [0.15, 0.2) is 37.4 Å². The first-order chi connectivity index (χ1) is 36.6. The van der Waals surface area contributed by atoms with Crippen LogP contribution in [0.15, 0.2) is 72.9 Å². The second-order valence-corrected chi connectivity index (χ2v) is 21.2. The zero-order valence-electron chi connectivity index (χ0n) is 45.8. The molecule has 0 bridgehead atoms. The number of hydrogen-bond acceptors (Lipinski definition) is 24. The molecule has 78 heavy (non-hydrogen) atoms. The van der Waals surface area contributed by atoms with E-state index in [-0.39, 0.29) is 36.8 Å². The Morgan fingerprint density at radius 3 is 1.23 bits per heavy atom. The van der Waals surface area contributed by atoms with Gasteiger partial charge in [0.1, 0.15) is 79.4 Å². The quantitative estimate of drug-likeness (QED) is 0.0278. The van der Waals surface area contributed by atoms with Crippen molar-refractivity contribution in [1.29, 1.82) is 0 Å². The zero-order valence-corrected chi connectivity index (χ0v) is 45.8. The number of ether oxygens (including phenoxy) is 10. The minimum absolute atomic E-state index is 0.0483. The van der Waals surface area contributed by atoms with E-state index in [4.69, 9.17) is 47.4 Å². The van der Waals surface area contributed by atoms with Crippen LogP contribution in [0.2, 0.25) is 0 Å². The van der Waals surface area contributed by atoms with Crippen LogP contribution in [-0.2, 0) is 57.0 Å². The van der Waals surface area contributed by atoms with Crippen LogP contribution < -0.4 is 0 Å². The maximum absolute atomic E-state index is 13.5. The highest BCUT2D eigenvalue weighted by atomic mass is 16.8. The first-order valence-corrected chi connectivity index (χ1v) is 26.1. The number of rotatable bonds is 27. The van der Waals surface area contributed by atoms with Gasteiger partial charge in [0.2, 0.25) is 0 Å². The minimum atomic E-state index is -1.87. The minimum Gasteiger partial charge on any atom is -0.453 e. The number of carbonyl (C=O) groups is 2. The smallest absolute Gasteiger partial charge is 0.333 e. The number of aliphatic hydroxyl groups is 12.